The number of hydrogen-bond donors (Lipinski definition) is 1. The summed E-state index contributed by atoms with van der Waals surface area (Å²) in [6.45, 7) is 0.517. The molecule has 1 aromatic carbocycles. The van der Waals surface area contributed by atoms with E-state index in [1.165, 1.54) is 0 Å². The number of aromatic nitrogens is 1. The van der Waals surface area contributed by atoms with Gasteiger partial charge in [-0.05, 0) is 41.8 Å². The van der Waals surface area contributed by atoms with Crippen LogP contribution in [-0.2, 0) is 17.8 Å². The molecule has 0 saturated carbocycles. The predicted molar refractivity (Wildman–Crippen MR) is 80.9 cm³/mol. The van der Waals surface area contributed by atoms with Crippen LogP contribution in [0.15, 0.2) is 42.7 Å². The first-order valence-electron chi connectivity index (χ1n) is 6.24. The molecular formula is C15H14Cl2N2O. The van der Waals surface area contributed by atoms with E-state index in [-0.39, 0.29) is 5.91 Å². The number of nitrogens with zero attached hydrogens (tertiary/aromatic N) is 1. The minimum Gasteiger partial charge on any atom is -0.352 e. The van der Waals surface area contributed by atoms with E-state index in [0.29, 0.717) is 29.4 Å². The van der Waals surface area contributed by atoms with Gasteiger partial charge in [0.1, 0.15) is 0 Å². The quantitative estimate of drug-likeness (QED) is 0.916. The zero-order chi connectivity index (χ0) is 14.4. The third-order valence-corrected chi connectivity index (χ3v) is 3.60. The molecule has 0 aliphatic carbocycles. The van der Waals surface area contributed by atoms with Gasteiger partial charge in [-0.1, -0.05) is 29.3 Å². The molecule has 0 bridgehead atoms. The molecule has 20 heavy (non-hydrogen) atoms. The standard InChI is InChI=1S/C15H14Cl2N2O/c16-13-3-1-11(9-14(13)17)2-4-15(20)19-10-12-5-7-18-8-6-12/h1,3,5-9H,2,4,10H2,(H,19,20). The van der Waals surface area contributed by atoms with Gasteiger partial charge in [-0.15, -0.1) is 0 Å². The molecule has 0 aliphatic rings. The van der Waals surface area contributed by atoms with Crippen LogP contribution in [0, 0.1) is 0 Å². The average Bonchev–Trinajstić information content (AvgIpc) is 2.47. The molecule has 0 aliphatic heterocycles. The molecule has 5 heteroatoms. The number of hydrogen-bond acceptors (Lipinski definition) is 2. The van der Waals surface area contributed by atoms with Crippen LogP contribution < -0.4 is 5.32 Å². The number of halogens is 2. The Bertz CT molecular complexity index is 588. The van der Waals surface area contributed by atoms with Crippen LogP contribution in [0.2, 0.25) is 10.0 Å². The van der Waals surface area contributed by atoms with Gasteiger partial charge in [-0.25, -0.2) is 0 Å². The Morgan fingerprint density at radius 3 is 2.50 bits per heavy atom. The Morgan fingerprint density at radius 2 is 1.80 bits per heavy atom. The molecule has 3 nitrogen and oxygen atoms in total. The smallest absolute Gasteiger partial charge is 0.220 e. The highest BCUT2D eigenvalue weighted by molar-refractivity contribution is 6.42. The number of nitrogens with one attached hydrogen (secondary N) is 1. The molecule has 0 atom stereocenters. The van der Waals surface area contributed by atoms with Gasteiger partial charge < -0.3 is 5.32 Å². The molecule has 104 valence electrons. The van der Waals surface area contributed by atoms with Crippen LogP contribution in [0.3, 0.4) is 0 Å². The van der Waals surface area contributed by atoms with Crippen molar-refractivity contribution in [3.63, 3.8) is 0 Å². The van der Waals surface area contributed by atoms with E-state index < -0.39 is 0 Å². The van der Waals surface area contributed by atoms with Crippen molar-refractivity contribution >= 4 is 29.1 Å². The molecule has 2 rings (SSSR count). The van der Waals surface area contributed by atoms with E-state index in [4.69, 9.17) is 23.2 Å². The van der Waals surface area contributed by atoms with Gasteiger partial charge in [-0.2, -0.15) is 0 Å². The fourth-order valence-corrected chi connectivity index (χ4v) is 2.06. The molecule has 1 heterocycles. The van der Waals surface area contributed by atoms with Gasteiger partial charge in [0.2, 0.25) is 5.91 Å². The summed E-state index contributed by atoms with van der Waals surface area (Å²) in [6.07, 6.45) is 4.47. The normalized spacial score (nSPS) is 10.3. The fourth-order valence-electron chi connectivity index (χ4n) is 1.74. The predicted octanol–water partition coefficient (Wildman–Crippen LogP) is 3.64. The highest BCUT2D eigenvalue weighted by Gasteiger charge is 2.04. The molecule has 1 aromatic heterocycles. The van der Waals surface area contributed by atoms with Crippen molar-refractivity contribution in [2.75, 3.05) is 0 Å². The van der Waals surface area contributed by atoms with Crippen LogP contribution in [0.5, 0.6) is 0 Å². The topological polar surface area (TPSA) is 42.0 Å². The summed E-state index contributed by atoms with van der Waals surface area (Å²) in [5.74, 6) is 0.00730. The van der Waals surface area contributed by atoms with Crippen molar-refractivity contribution in [1.29, 1.82) is 0 Å². The molecule has 0 spiro atoms. The number of benzene rings is 1. The highest BCUT2D eigenvalue weighted by atomic mass is 35.5. The number of aryl methyl sites for hydroxylation is 1. The van der Waals surface area contributed by atoms with Crippen LogP contribution in [0.1, 0.15) is 17.5 Å². The molecule has 0 radical (unpaired) electrons. The molecule has 1 N–H and O–H groups in total. The van der Waals surface area contributed by atoms with Gasteiger partial charge in [-0.3, -0.25) is 9.78 Å². The first-order valence-corrected chi connectivity index (χ1v) is 7.00. The first kappa shape index (κ1) is 14.8. The lowest BCUT2D eigenvalue weighted by Gasteiger charge is -2.06. The third-order valence-electron chi connectivity index (χ3n) is 2.86. The van der Waals surface area contributed by atoms with E-state index >= 15 is 0 Å². The zero-order valence-electron chi connectivity index (χ0n) is 10.8. The largest absolute Gasteiger partial charge is 0.352 e. The highest BCUT2D eigenvalue weighted by Crippen LogP contribution is 2.23. The number of carbonyl (C=O) groups excluding carboxylic acids is 1. The fraction of sp³-hybridized carbons (Fsp3) is 0.200. The minimum atomic E-state index is 0.00730. The van der Waals surface area contributed by atoms with E-state index in [9.17, 15) is 4.79 Å². The van der Waals surface area contributed by atoms with Crippen LogP contribution >= 0.6 is 23.2 Å². The first-order chi connectivity index (χ1) is 9.65. The lowest BCUT2D eigenvalue weighted by molar-refractivity contribution is -0.121. The van der Waals surface area contributed by atoms with Gasteiger partial charge in [0.25, 0.3) is 0 Å². The van der Waals surface area contributed by atoms with Crippen molar-refractivity contribution in [1.82, 2.24) is 10.3 Å². The average molecular weight is 309 g/mol. The van der Waals surface area contributed by atoms with Crippen molar-refractivity contribution in [2.24, 2.45) is 0 Å². The molecular weight excluding hydrogens is 295 g/mol. The monoisotopic (exact) mass is 308 g/mol. The SMILES string of the molecule is O=C(CCc1ccc(Cl)c(Cl)c1)NCc1ccncc1. The van der Waals surface area contributed by atoms with Crippen LogP contribution in [0.4, 0.5) is 0 Å². The summed E-state index contributed by atoms with van der Waals surface area (Å²) in [7, 11) is 0. The maximum atomic E-state index is 11.8. The Balaban J connectivity index is 1.79. The van der Waals surface area contributed by atoms with Gasteiger partial charge in [0.05, 0.1) is 10.0 Å². The van der Waals surface area contributed by atoms with Gasteiger partial charge in [0, 0.05) is 25.4 Å². The second kappa shape index (κ2) is 7.27. The molecule has 2 aromatic rings. The maximum Gasteiger partial charge on any atom is 0.220 e. The number of pyridine rings is 1. The van der Waals surface area contributed by atoms with Crippen molar-refractivity contribution in [3.05, 3.63) is 63.9 Å². The lowest BCUT2D eigenvalue weighted by Crippen LogP contribution is -2.22. The Hall–Kier alpha value is -1.58. The summed E-state index contributed by atoms with van der Waals surface area (Å²) in [5, 5.41) is 3.91. The van der Waals surface area contributed by atoms with E-state index in [1.54, 1.807) is 24.5 Å². The van der Waals surface area contributed by atoms with E-state index in [1.807, 2.05) is 18.2 Å². The Kier molecular flexibility index (Phi) is 5.39. The molecule has 0 fully saturated rings. The summed E-state index contributed by atoms with van der Waals surface area (Å²) in [4.78, 5) is 15.7. The number of carbonyl (C=O) groups is 1. The maximum absolute atomic E-state index is 11.8. The van der Waals surface area contributed by atoms with Gasteiger partial charge >= 0.3 is 0 Å². The zero-order valence-corrected chi connectivity index (χ0v) is 12.3. The molecule has 0 saturated heterocycles. The summed E-state index contributed by atoms with van der Waals surface area (Å²) in [6, 6.07) is 9.16. The lowest BCUT2D eigenvalue weighted by atomic mass is 10.1. The van der Waals surface area contributed by atoms with Crippen LogP contribution in [0.25, 0.3) is 0 Å². The second-order valence-electron chi connectivity index (χ2n) is 4.38. The number of amides is 1. The second-order valence-corrected chi connectivity index (χ2v) is 5.20. The summed E-state index contributed by atoms with van der Waals surface area (Å²) < 4.78 is 0. The third kappa shape index (κ3) is 4.51. The minimum absolute atomic E-state index is 0.00730. The Labute approximate surface area is 127 Å². The van der Waals surface area contributed by atoms with Crippen molar-refractivity contribution in [3.8, 4) is 0 Å². The Morgan fingerprint density at radius 1 is 1.05 bits per heavy atom. The van der Waals surface area contributed by atoms with Crippen LogP contribution in [-0.4, -0.2) is 10.9 Å². The summed E-state index contributed by atoms with van der Waals surface area (Å²) >= 11 is 11.8. The van der Waals surface area contributed by atoms with Crippen molar-refractivity contribution in [2.45, 2.75) is 19.4 Å². The number of rotatable bonds is 5. The van der Waals surface area contributed by atoms with Gasteiger partial charge in [0.15, 0.2) is 0 Å². The molecule has 0 unspecified atom stereocenters. The van der Waals surface area contributed by atoms with E-state index in [2.05, 4.69) is 10.3 Å². The van der Waals surface area contributed by atoms with E-state index in [0.717, 1.165) is 11.1 Å². The molecule has 1 amide bonds. The van der Waals surface area contributed by atoms with Crippen molar-refractivity contribution < 1.29 is 4.79 Å². The summed E-state index contributed by atoms with van der Waals surface area (Å²) in [5.41, 5.74) is 2.03.